The largest absolute Gasteiger partial charge is 0.462 e. The van der Waals surface area contributed by atoms with Crippen LogP contribution in [0.5, 0.6) is 0 Å². The van der Waals surface area contributed by atoms with Crippen LogP contribution >= 0.6 is 11.3 Å². The van der Waals surface area contributed by atoms with Gasteiger partial charge in [0.2, 0.25) is 10.0 Å². The van der Waals surface area contributed by atoms with Gasteiger partial charge in [-0.25, -0.2) is 17.7 Å². The fourth-order valence-electron chi connectivity index (χ4n) is 3.48. The average Bonchev–Trinajstić information content (AvgIpc) is 3.45. The van der Waals surface area contributed by atoms with E-state index in [9.17, 15) is 13.2 Å². The summed E-state index contributed by atoms with van der Waals surface area (Å²) in [7, 11) is -3.19. The minimum Gasteiger partial charge on any atom is -0.462 e. The third-order valence-electron chi connectivity index (χ3n) is 5.16. The zero-order valence-electron chi connectivity index (χ0n) is 16.6. The number of piperidine rings is 1. The standard InChI is InChI=1S/C21H23N3O4S2/c1-2-30(26,27)24-12-10-16(11-13-24)22-20(25)19-18(15-7-4-3-5-8-15)23-21(29-19)17-9-6-14-28-17/h3-9,14,16H,2,10-13H2,1H3,(H,22,25). The van der Waals surface area contributed by atoms with E-state index in [1.165, 1.54) is 15.6 Å². The number of aromatic nitrogens is 1. The Bertz CT molecular complexity index is 1100. The van der Waals surface area contributed by atoms with Crippen LogP contribution in [-0.4, -0.2) is 48.5 Å². The number of thiazole rings is 1. The molecule has 1 aliphatic rings. The number of nitrogens with zero attached hydrogens (tertiary/aromatic N) is 2. The highest BCUT2D eigenvalue weighted by atomic mass is 32.2. The predicted octanol–water partition coefficient (Wildman–Crippen LogP) is 3.61. The van der Waals surface area contributed by atoms with Crippen molar-refractivity contribution in [3.05, 3.63) is 53.6 Å². The Balaban J connectivity index is 1.54. The van der Waals surface area contributed by atoms with Crippen molar-refractivity contribution < 1.29 is 17.6 Å². The third kappa shape index (κ3) is 4.33. The van der Waals surface area contributed by atoms with E-state index in [1.54, 1.807) is 19.3 Å². The molecule has 3 heterocycles. The molecule has 1 amide bonds. The van der Waals surface area contributed by atoms with Crippen molar-refractivity contribution in [2.45, 2.75) is 25.8 Å². The van der Waals surface area contributed by atoms with Crippen LogP contribution < -0.4 is 5.32 Å². The molecule has 7 nitrogen and oxygen atoms in total. The first-order valence-electron chi connectivity index (χ1n) is 9.86. The normalized spacial score (nSPS) is 15.9. The van der Waals surface area contributed by atoms with Gasteiger partial charge in [-0.2, -0.15) is 0 Å². The molecule has 0 unspecified atom stereocenters. The molecular formula is C21H23N3O4S2. The molecule has 0 aliphatic carbocycles. The van der Waals surface area contributed by atoms with Crippen molar-refractivity contribution >= 4 is 27.3 Å². The molecule has 158 valence electrons. The lowest BCUT2D eigenvalue weighted by Crippen LogP contribution is -2.46. The summed E-state index contributed by atoms with van der Waals surface area (Å²) in [5.74, 6) is 0.524. The first-order valence-corrected chi connectivity index (χ1v) is 12.3. The van der Waals surface area contributed by atoms with Crippen LogP contribution in [-0.2, 0) is 10.0 Å². The van der Waals surface area contributed by atoms with Crippen LogP contribution in [0.1, 0.15) is 29.4 Å². The summed E-state index contributed by atoms with van der Waals surface area (Å²) in [6.45, 7) is 2.49. The molecule has 30 heavy (non-hydrogen) atoms. The molecule has 9 heteroatoms. The molecule has 0 radical (unpaired) electrons. The van der Waals surface area contributed by atoms with Crippen LogP contribution in [0.2, 0.25) is 0 Å². The van der Waals surface area contributed by atoms with E-state index < -0.39 is 10.0 Å². The highest BCUT2D eigenvalue weighted by molar-refractivity contribution is 7.89. The summed E-state index contributed by atoms with van der Waals surface area (Å²) < 4.78 is 31.1. The van der Waals surface area contributed by atoms with Gasteiger partial charge in [-0.1, -0.05) is 30.3 Å². The summed E-state index contributed by atoms with van der Waals surface area (Å²) >= 11 is 1.29. The topological polar surface area (TPSA) is 92.5 Å². The minimum atomic E-state index is -3.19. The molecule has 1 saturated heterocycles. The Morgan fingerprint density at radius 2 is 1.93 bits per heavy atom. The van der Waals surface area contributed by atoms with Gasteiger partial charge in [0.15, 0.2) is 10.8 Å². The first-order chi connectivity index (χ1) is 14.5. The molecule has 0 spiro atoms. The van der Waals surface area contributed by atoms with E-state index in [0.717, 1.165) is 5.56 Å². The number of rotatable bonds is 6. The summed E-state index contributed by atoms with van der Waals surface area (Å²) in [5, 5.41) is 3.72. The fraction of sp³-hybridized carbons (Fsp3) is 0.333. The molecule has 0 saturated carbocycles. The van der Waals surface area contributed by atoms with Crippen molar-refractivity contribution in [3.63, 3.8) is 0 Å². The zero-order chi connectivity index (χ0) is 21.1. The van der Waals surface area contributed by atoms with Crippen molar-refractivity contribution in [3.8, 4) is 22.0 Å². The van der Waals surface area contributed by atoms with Gasteiger partial charge in [0.05, 0.1) is 17.7 Å². The van der Waals surface area contributed by atoms with Gasteiger partial charge in [0, 0.05) is 24.7 Å². The maximum atomic E-state index is 13.1. The van der Waals surface area contributed by atoms with E-state index in [2.05, 4.69) is 10.3 Å². The molecule has 4 rings (SSSR count). The number of nitrogens with one attached hydrogen (secondary N) is 1. The van der Waals surface area contributed by atoms with Gasteiger partial charge < -0.3 is 9.73 Å². The average molecular weight is 446 g/mol. The van der Waals surface area contributed by atoms with Crippen molar-refractivity contribution in [2.24, 2.45) is 0 Å². The van der Waals surface area contributed by atoms with Crippen LogP contribution in [0.3, 0.4) is 0 Å². The second-order valence-corrected chi connectivity index (χ2v) is 10.3. The minimum absolute atomic E-state index is 0.0707. The Hall–Kier alpha value is -2.49. The summed E-state index contributed by atoms with van der Waals surface area (Å²) in [5.41, 5.74) is 1.48. The quantitative estimate of drug-likeness (QED) is 0.626. The number of hydrogen-bond acceptors (Lipinski definition) is 6. The third-order valence-corrected chi connectivity index (χ3v) is 8.11. The second kappa shape index (κ2) is 8.71. The van der Waals surface area contributed by atoms with Crippen LogP contribution in [0.15, 0.2) is 53.1 Å². The predicted molar refractivity (Wildman–Crippen MR) is 117 cm³/mol. The van der Waals surface area contributed by atoms with Gasteiger partial charge in [0.1, 0.15) is 4.88 Å². The number of hydrogen-bond donors (Lipinski definition) is 1. The SMILES string of the molecule is CCS(=O)(=O)N1CCC(NC(=O)c2sc(-c3ccco3)nc2-c2ccccc2)CC1. The highest BCUT2D eigenvalue weighted by Crippen LogP contribution is 2.34. The van der Waals surface area contributed by atoms with Crippen molar-refractivity contribution in [1.82, 2.24) is 14.6 Å². The lowest BCUT2D eigenvalue weighted by atomic mass is 10.1. The van der Waals surface area contributed by atoms with E-state index in [0.29, 0.717) is 47.3 Å². The Kier molecular flexibility index (Phi) is 6.03. The van der Waals surface area contributed by atoms with Crippen LogP contribution in [0.25, 0.3) is 22.0 Å². The molecule has 1 aromatic carbocycles. The molecule has 0 bridgehead atoms. The monoisotopic (exact) mass is 445 g/mol. The molecule has 1 aliphatic heterocycles. The molecule has 1 fully saturated rings. The number of benzene rings is 1. The van der Waals surface area contributed by atoms with Gasteiger partial charge >= 0.3 is 0 Å². The molecule has 3 aromatic rings. The number of carbonyl (C=O) groups is 1. The number of furan rings is 1. The number of amides is 1. The van der Waals surface area contributed by atoms with E-state index in [-0.39, 0.29) is 17.7 Å². The summed E-state index contributed by atoms with van der Waals surface area (Å²) in [6, 6.07) is 13.1. The second-order valence-electron chi connectivity index (χ2n) is 7.09. The first kappa shape index (κ1) is 20.8. The molecule has 1 N–H and O–H groups in total. The maximum absolute atomic E-state index is 13.1. The van der Waals surface area contributed by atoms with E-state index >= 15 is 0 Å². The molecule has 2 aromatic heterocycles. The zero-order valence-corrected chi connectivity index (χ0v) is 18.2. The van der Waals surface area contributed by atoms with Gasteiger partial charge in [-0.05, 0) is 31.9 Å². The Morgan fingerprint density at radius 1 is 1.20 bits per heavy atom. The molecule has 0 atom stereocenters. The van der Waals surface area contributed by atoms with E-state index in [1.807, 2.05) is 36.4 Å². The van der Waals surface area contributed by atoms with Gasteiger partial charge in [0.25, 0.3) is 5.91 Å². The fourth-order valence-corrected chi connectivity index (χ4v) is 5.57. The van der Waals surface area contributed by atoms with E-state index in [4.69, 9.17) is 4.42 Å². The Labute approximate surface area is 179 Å². The number of carbonyl (C=O) groups excluding carboxylic acids is 1. The summed E-state index contributed by atoms with van der Waals surface area (Å²) in [6.07, 6.45) is 2.77. The maximum Gasteiger partial charge on any atom is 0.263 e. The van der Waals surface area contributed by atoms with Crippen LogP contribution in [0, 0.1) is 0 Å². The molecular weight excluding hydrogens is 422 g/mol. The van der Waals surface area contributed by atoms with Crippen molar-refractivity contribution in [1.29, 1.82) is 0 Å². The lowest BCUT2D eigenvalue weighted by molar-refractivity contribution is 0.0928. The smallest absolute Gasteiger partial charge is 0.263 e. The summed E-state index contributed by atoms with van der Waals surface area (Å²) in [4.78, 5) is 18.3. The Morgan fingerprint density at radius 3 is 2.57 bits per heavy atom. The van der Waals surface area contributed by atoms with Crippen molar-refractivity contribution in [2.75, 3.05) is 18.8 Å². The number of sulfonamides is 1. The van der Waals surface area contributed by atoms with Gasteiger partial charge in [-0.15, -0.1) is 11.3 Å². The lowest BCUT2D eigenvalue weighted by Gasteiger charge is -2.31. The highest BCUT2D eigenvalue weighted by Gasteiger charge is 2.29. The van der Waals surface area contributed by atoms with Crippen LogP contribution in [0.4, 0.5) is 0 Å². The van der Waals surface area contributed by atoms with Gasteiger partial charge in [-0.3, -0.25) is 4.79 Å².